The Bertz CT molecular complexity index is 1230. The SMILES string of the molecule is COc1ccc(C)cc1N(CC(=O)NCCCSCc1cccc(C)c1)S(=O)(=O)c1ccccc1. The van der Waals surface area contributed by atoms with Crippen LogP contribution in [0.15, 0.2) is 77.7 Å². The Morgan fingerprint density at radius 2 is 1.71 bits per heavy atom. The van der Waals surface area contributed by atoms with Gasteiger partial charge in [-0.15, -0.1) is 0 Å². The highest BCUT2D eigenvalue weighted by atomic mass is 32.2. The average Bonchev–Trinajstić information content (AvgIpc) is 2.85. The minimum Gasteiger partial charge on any atom is -0.495 e. The maximum atomic E-state index is 13.5. The van der Waals surface area contributed by atoms with E-state index in [1.54, 1.807) is 30.3 Å². The first-order valence-electron chi connectivity index (χ1n) is 11.4. The van der Waals surface area contributed by atoms with Gasteiger partial charge >= 0.3 is 0 Å². The molecular weight excluding hydrogens is 480 g/mol. The van der Waals surface area contributed by atoms with Crippen LogP contribution in [0.5, 0.6) is 5.75 Å². The van der Waals surface area contributed by atoms with Gasteiger partial charge in [0.15, 0.2) is 0 Å². The molecule has 0 saturated carbocycles. The lowest BCUT2D eigenvalue weighted by Crippen LogP contribution is -2.41. The van der Waals surface area contributed by atoms with Gasteiger partial charge in [-0.2, -0.15) is 11.8 Å². The molecule has 3 rings (SSSR count). The first-order valence-corrected chi connectivity index (χ1v) is 14.0. The lowest BCUT2D eigenvalue weighted by Gasteiger charge is -2.26. The van der Waals surface area contributed by atoms with Gasteiger partial charge in [-0.1, -0.05) is 54.1 Å². The Balaban J connectivity index is 1.64. The highest BCUT2D eigenvalue weighted by Crippen LogP contribution is 2.33. The quantitative estimate of drug-likeness (QED) is 0.348. The normalized spacial score (nSPS) is 11.2. The van der Waals surface area contributed by atoms with Crippen LogP contribution < -0.4 is 14.4 Å². The molecule has 0 aliphatic rings. The number of nitrogens with one attached hydrogen (secondary N) is 1. The average molecular weight is 513 g/mol. The van der Waals surface area contributed by atoms with Gasteiger partial charge in [0.25, 0.3) is 10.0 Å². The number of ether oxygens (including phenoxy) is 1. The molecule has 35 heavy (non-hydrogen) atoms. The van der Waals surface area contributed by atoms with Crippen LogP contribution in [0.25, 0.3) is 0 Å². The number of rotatable bonds is 12. The Labute approximate surface area is 212 Å². The molecule has 1 N–H and O–H groups in total. The fourth-order valence-electron chi connectivity index (χ4n) is 3.59. The second kappa shape index (κ2) is 12.7. The molecule has 6 nitrogen and oxygen atoms in total. The second-order valence-corrected chi connectivity index (χ2v) is 11.2. The predicted molar refractivity (Wildman–Crippen MR) is 144 cm³/mol. The number of carbonyl (C=O) groups is 1. The lowest BCUT2D eigenvalue weighted by molar-refractivity contribution is -0.119. The van der Waals surface area contributed by atoms with Crippen molar-refractivity contribution in [3.05, 3.63) is 89.5 Å². The molecule has 0 saturated heterocycles. The lowest BCUT2D eigenvalue weighted by atomic mass is 10.2. The van der Waals surface area contributed by atoms with Crippen LogP contribution in [0.1, 0.15) is 23.1 Å². The molecule has 186 valence electrons. The fourth-order valence-corrected chi connectivity index (χ4v) is 5.95. The van der Waals surface area contributed by atoms with Crippen molar-refractivity contribution in [3.63, 3.8) is 0 Å². The fraction of sp³-hybridized carbons (Fsp3) is 0.296. The zero-order valence-corrected chi connectivity index (χ0v) is 22.0. The van der Waals surface area contributed by atoms with Crippen molar-refractivity contribution in [2.24, 2.45) is 0 Å². The van der Waals surface area contributed by atoms with Gasteiger partial charge in [-0.3, -0.25) is 9.10 Å². The summed E-state index contributed by atoms with van der Waals surface area (Å²) in [6.45, 7) is 4.08. The summed E-state index contributed by atoms with van der Waals surface area (Å²) in [5.74, 6) is 1.84. The molecule has 3 aromatic carbocycles. The van der Waals surface area contributed by atoms with Crippen molar-refractivity contribution < 1.29 is 17.9 Å². The molecule has 0 unspecified atom stereocenters. The van der Waals surface area contributed by atoms with Gasteiger partial charge in [0, 0.05) is 12.3 Å². The van der Waals surface area contributed by atoms with Crippen LogP contribution in [-0.2, 0) is 20.6 Å². The van der Waals surface area contributed by atoms with Gasteiger partial charge < -0.3 is 10.1 Å². The van der Waals surface area contributed by atoms with Crippen LogP contribution in [-0.4, -0.2) is 40.3 Å². The van der Waals surface area contributed by atoms with E-state index in [1.807, 2.05) is 24.8 Å². The van der Waals surface area contributed by atoms with Crippen molar-refractivity contribution in [2.45, 2.75) is 30.9 Å². The third-order valence-corrected chi connectivity index (χ3v) is 8.25. The van der Waals surface area contributed by atoms with E-state index in [0.29, 0.717) is 18.0 Å². The summed E-state index contributed by atoms with van der Waals surface area (Å²) in [5.41, 5.74) is 3.73. The van der Waals surface area contributed by atoms with Crippen molar-refractivity contribution in [1.82, 2.24) is 5.32 Å². The van der Waals surface area contributed by atoms with Crippen LogP contribution in [0.2, 0.25) is 0 Å². The number of hydrogen-bond donors (Lipinski definition) is 1. The minimum atomic E-state index is -3.98. The number of anilines is 1. The molecule has 0 atom stereocenters. The number of amides is 1. The number of hydrogen-bond acceptors (Lipinski definition) is 5. The van der Waals surface area contributed by atoms with Crippen LogP contribution in [0.3, 0.4) is 0 Å². The third kappa shape index (κ3) is 7.50. The number of benzene rings is 3. The zero-order chi connectivity index (χ0) is 25.3. The maximum Gasteiger partial charge on any atom is 0.264 e. The van der Waals surface area contributed by atoms with E-state index in [4.69, 9.17) is 4.74 Å². The molecule has 0 fully saturated rings. The van der Waals surface area contributed by atoms with Crippen molar-refractivity contribution in [1.29, 1.82) is 0 Å². The minimum absolute atomic E-state index is 0.115. The molecule has 8 heteroatoms. The smallest absolute Gasteiger partial charge is 0.264 e. The van der Waals surface area contributed by atoms with Gasteiger partial charge in [-0.25, -0.2) is 8.42 Å². The molecule has 1 amide bonds. The van der Waals surface area contributed by atoms with E-state index in [9.17, 15) is 13.2 Å². The summed E-state index contributed by atoms with van der Waals surface area (Å²) in [6, 6.07) is 21.8. The van der Waals surface area contributed by atoms with Crippen LogP contribution in [0.4, 0.5) is 5.69 Å². The number of nitrogens with zero attached hydrogens (tertiary/aromatic N) is 1. The van der Waals surface area contributed by atoms with Gasteiger partial charge in [0.05, 0.1) is 17.7 Å². The highest BCUT2D eigenvalue weighted by Gasteiger charge is 2.29. The van der Waals surface area contributed by atoms with Crippen LogP contribution >= 0.6 is 11.8 Å². The van der Waals surface area contributed by atoms with Crippen LogP contribution in [0, 0.1) is 13.8 Å². The Kier molecular flexibility index (Phi) is 9.63. The summed E-state index contributed by atoms with van der Waals surface area (Å²) < 4.78 is 33.6. The number of thioether (sulfide) groups is 1. The molecule has 0 aliphatic carbocycles. The predicted octanol–water partition coefficient (Wildman–Crippen LogP) is 4.95. The molecule has 0 heterocycles. The highest BCUT2D eigenvalue weighted by molar-refractivity contribution is 7.98. The standard InChI is InChI=1S/C27H32N2O4S2/c1-21-9-7-10-23(17-21)20-34-16-8-15-28-27(30)19-29(25-18-22(2)13-14-26(25)33-3)35(31,32)24-11-5-4-6-12-24/h4-7,9-14,17-18H,8,15-16,19-20H2,1-3H3,(H,28,30). The van der Waals surface area contributed by atoms with E-state index in [1.165, 1.54) is 30.4 Å². The number of carbonyl (C=O) groups excluding carboxylic acids is 1. The first kappa shape index (κ1) is 26.6. The first-order chi connectivity index (χ1) is 16.8. The van der Waals surface area contributed by atoms with E-state index >= 15 is 0 Å². The summed E-state index contributed by atoms with van der Waals surface area (Å²) in [7, 11) is -2.50. The Morgan fingerprint density at radius 1 is 0.971 bits per heavy atom. The molecular formula is C27H32N2O4S2. The van der Waals surface area contributed by atoms with E-state index in [0.717, 1.165) is 27.8 Å². The topological polar surface area (TPSA) is 75.7 Å². The summed E-state index contributed by atoms with van der Waals surface area (Å²) >= 11 is 1.81. The second-order valence-electron chi connectivity index (χ2n) is 8.25. The van der Waals surface area contributed by atoms with Gasteiger partial charge in [0.2, 0.25) is 5.91 Å². The van der Waals surface area contributed by atoms with Crippen molar-refractivity contribution >= 4 is 33.4 Å². The van der Waals surface area contributed by atoms with E-state index in [2.05, 4.69) is 36.5 Å². The monoisotopic (exact) mass is 512 g/mol. The number of aryl methyl sites for hydroxylation is 2. The Hall–Kier alpha value is -2.97. The molecule has 3 aromatic rings. The molecule has 0 spiro atoms. The van der Waals surface area contributed by atoms with Gasteiger partial charge in [-0.05, 0) is 61.4 Å². The Morgan fingerprint density at radius 3 is 2.43 bits per heavy atom. The zero-order valence-electron chi connectivity index (χ0n) is 20.4. The molecule has 0 radical (unpaired) electrons. The van der Waals surface area contributed by atoms with E-state index in [-0.39, 0.29) is 17.3 Å². The summed E-state index contributed by atoms with van der Waals surface area (Å²) in [6.07, 6.45) is 0.793. The third-order valence-electron chi connectivity index (χ3n) is 5.36. The van der Waals surface area contributed by atoms with Gasteiger partial charge in [0.1, 0.15) is 12.3 Å². The molecule has 0 aliphatic heterocycles. The van der Waals surface area contributed by atoms with Crippen molar-refractivity contribution in [3.8, 4) is 5.75 Å². The van der Waals surface area contributed by atoms with E-state index < -0.39 is 10.0 Å². The summed E-state index contributed by atoms with van der Waals surface area (Å²) in [5, 5.41) is 2.87. The number of sulfonamides is 1. The largest absolute Gasteiger partial charge is 0.495 e. The molecule has 0 bridgehead atoms. The maximum absolute atomic E-state index is 13.5. The van der Waals surface area contributed by atoms with Crippen molar-refractivity contribution in [2.75, 3.05) is 30.3 Å². The molecule has 0 aromatic heterocycles. The number of methoxy groups -OCH3 is 1. The summed E-state index contributed by atoms with van der Waals surface area (Å²) in [4.78, 5) is 12.9.